The van der Waals surface area contributed by atoms with Gasteiger partial charge >= 0.3 is 0 Å². The Morgan fingerprint density at radius 3 is 2.95 bits per heavy atom. The Hall–Kier alpha value is -2.01. The second kappa shape index (κ2) is 5.17. The third-order valence-corrected chi connectivity index (χ3v) is 4.44. The molecule has 102 valence electrons. The topological polar surface area (TPSA) is 34.9 Å². The largest absolute Gasteiger partial charge is 0.293 e. The lowest BCUT2D eigenvalue weighted by Crippen LogP contribution is -2.03. The number of carbonyl (C=O) groups excluding carboxylic acids is 1. The van der Waals surface area contributed by atoms with Crippen molar-refractivity contribution in [2.45, 2.75) is 12.8 Å². The van der Waals surface area contributed by atoms with Gasteiger partial charge < -0.3 is 0 Å². The Labute approximate surface area is 119 Å². The van der Waals surface area contributed by atoms with Crippen LogP contribution in [-0.2, 0) is 13.5 Å². The number of ketones is 1. The van der Waals surface area contributed by atoms with Crippen molar-refractivity contribution in [3.8, 4) is 0 Å². The van der Waals surface area contributed by atoms with E-state index in [2.05, 4.69) is 5.10 Å². The number of thiophene rings is 1. The van der Waals surface area contributed by atoms with Gasteiger partial charge in [-0.15, -0.1) is 11.3 Å². The normalized spacial score (nSPS) is 11.1. The molecule has 0 spiro atoms. The van der Waals surface area contributed by atoms with Crippen LogP contribution in [0.3, 0.4) is 0 Å². The van der Waals surface area contributed by atoms with Gasteiger partial charge in [0.05, 0.1) is 4.88 Å². The maximum Gasteiger partial charge on any atom is 0.173 e. The summed E-state index contributed by atoms with van der Waals surface area (Å²) in [6.45, 7) is 0. The fourth-order valence-corrected chi connectivity index (χ4v) is 3.17. The first-order chi connectivity index (χ1) is 9.63. The molecule has 20 heavy (non-hydrogen) atoms. The van der Waals surface area contributed by atoms with Crippen molar-refractivity contribution in [3.05, 3.63) is 52.9 Å². The van der Waals surface area contributed by atoms with Gasteiger partial charge in [0.1, 0.15) is 5.82 Å². The number of Topliss-reactive ketones (excluding diaryl/α,β-unsaturated/α-hetero) is 1. The van der Waals surface area contributed by atoms with Gasteiger partial charge in [0, 0.05) is 30.1 Å². The Balaban J connectivity index is 1.77. The van der Waals surface area contributed by atoms with E-state index in [1.54, 1.807) is 23.0 Å². The zero-order valence-electron chi connectivity index (χ0n) is 11.0. The van der Waals surface area contributed by atoms with Crippen LogP contribution in [0.1, 0.15) is 21.8 Å². The van der Waals surface area contributed by atoms with Crippen molar-refractivity contribution in [2.75, 3.05) is 0 Å². The lowest BCUT2D eigenvalue weighted by Gasteiger charge is -2.00. The number of hydrogen-bond acceptors (Lipinski definition) is 3. The molecule has 0 unspecified atom stereocenters. The summed E-state index contributed by atoms with van der Waals surface area (Å²) in [5.41, 5.74) is 1.03. The number of aromatic nitrogens is 2. The zero-order chi connectivity index (χ0) is 14.1. The number of aryl methyl sites for hydroxylation is 2. The Bertz CT molecular complexity index is 775. The van der Waals surface area contributed by atoms with Crippen LogP contribution in [0.5, 0.6) is 0 Å². The molecule has 0 aliphatic heterocycles. The van der Waals surface area contributed by atoms with Gasteiger partial charge in [-0.3, -0.25) is 9.48 Å². The first-order valence-corrected chi connectivity index (χ1v) is 7.14. The Morgan fingerprint density at radius 1 is 1.35 bits per heavy atom. The van der Waals surface area contributed by atoms with E-state index in [4.69, 9.17) is 0 Å². The lowest BCUT2D eigenvalue weighted by molar-refractivity contribution is 0.0986. The molecule has 3 aromatic rings. The second-order valence-corrected chi connectivity index (χ2v) is 5.75. The summed E-state index contributed by atoms with van der Waals surface area (Å²) < 4.78 is 15.8. The maximum absolute atomic E-state index is 13.1. The standard InChI is InChI=1S/C15H13FN2OS/c1-18-12(6-7-17-18)3-4-13(19)15-9-10-8-11(16)2-5-14(10)20-15/h2,5-9H,3-4H2,1H3. The molecule has 0 amide bonds. The third kappa shape index (κ3) is 2.49. The molecule has 0 saturated carbocycles. The molecule has 0 radical (unpaired) electrons. The quantitative estimate of drug-likeness (QED) is 0.688. The number of fused-ring (bicyclic) bond motifs is 1. The number of hydrogen-bond donors (Lipinski definition) is 0. The van der Waals surface area contributed by atoms with E-state index in [9.17, 15) is 9.18 Å². The first-order valence-electron chi connectivity index (χ1n) is 6.32. The van der Waals surface area contributed by atoms with Crippen molar-refractivity contribution in [1.29, 1.82) is 0 Å². The van der Waals surface area contributed by atoms with Crippen LogP contribution in [0.2, 0.25) is 0 Å². The number of rotatable bonds is 4. The minimum Gasteiger partial charge on any atom is -0.293 e. The smallest absolute Gasteiger partial charge is 0.173 e. The number of carbonyl (C=O) groups is 1. The molecule has 0 atom stereocenters. The minimum absolute atomic E-state index is 0.0906. The van der Waals surface area contributed by atoms with Crippen LogP contribution in [0.15, 0.2) is 36.5 Å². The van der Waals surface area contributed by atoms with E-state index in [1.807, 2.05) is 13.1 Å². The molecule has 5 heteroatoms. The molecule has 2 aromatic heterocycles. The molecule has 3 nitrogen and oxygen atoms in total. The molecule has 0 N–H and O–H groups in total. The summed E-state index contributed by atoms with van der Waals surface area (Å²) in [5, 5.41) is 4.87. The van der Waals surface area contributed by atoms with Gasteiger partial charge in [-0.05, 0) is 42.1 Å². The Morgan fingerprint density at radius 2 is 2.20 bits per heavy atom. The van der Waals surface area contributed by atoms with Crippen molar-refractivity contribution in [3.63, 3.8) is 0 Å². The summed E-state index contributed by atoms with van der Waals surface area (Å²) in [6.07, 6.45) is 2.83. The summed E-state index contributed by atoms with van der Waals surface area (Å²) in [7, 11) is 1.86. The molecule has 0 bridgehead atoms. The highest BCUT2D eigenvalue weighted by molar-refractivity contribution is 7.20. The van der Waals surface area contributed by atoms with E-state index in [1.165, 1.54) is 23.5 Å². The highest BCUT2D eigenvalue weighted by Crippen LogP contribution is 2.27. The molecule has 2 heterocycles. The highest BCUT2D eigenvalue weighted by Gasteiger charge is 2.12. The van der Waals surface area contributed by atoms with Crippen LogP contribution in [0, 0.1) is 5.82 Å². The van der Waals surface area contributed by atoms with Crippen LogP contribution < -0.4 is 0 Å². The third-order valence-electron chi connectivity index (χ3n) is 3.28. The summed E-state index contributed by atoms with van der Waals surface area (Å²) in [6, 6.07) is 8.28. The molecule has 0 aliphatic carbocycles. The molecule has 0 saturated heterocycles. The fourth-order valence-electron chi connectivity index (χ4n) is 2.16. The SMILES string of the molecule is Cn1nccc1CCC(=O)c1cc2cc(F)ccc2s1. The fraction of sp³-hybridized carbons (Fsp3) is 0.200. The summed E-state index contributed by atoms with van der Waals surface area (Å²) >= 11 is 1.42. The van der Waals surface area contributed by atoms with Gasteiger partial charge in [0.15, 0.2) is 5.78 Å². The van der Waals surface area contributed by atoms with Crippen molar-refractivity contribution >= 4 is 27.2 Å². The molecular formula is C15H13FN2OS. The molecular weight excluding hydrogens is 275 g/mol. The average molecular weight is 288 g/mol. The summed E-state index contributed by atoms with van der Waals surface area (Å²) in [4.78, 5) is 12.9. The molecule has 0 aliphatic rings. The van der Waals surface area contributed by atoms with Crippen molar-refractivity contribution in [1.82, 2.24) is 9.78 Å². The average Bonchev–Trinajstić information content (AvgIpc) is 3.01. The maximum atomic E-state index is 13.1. The van der Waals surface area contributed by atoms with Gasteiger partial charge in [0.25, 0.3) is 0 Å². The molecule has 1 aromatic carbocycles. The van der Waals surface area contributed by atoms with E-state index >= 15 is 0 Å². The number of nitrogens with zero attached hydrogens (tertiary/aromatic N) is 2. The van der Waals surface area contributed by atoms with Crippen LogP contribution in [0.25, 0.3) is 10.1 Å². The van der Waals surface area contributed by atoms with Gasteiger partial charge in [0.2, 0.25) is 0 Å². The Kier molecular flexibility index (Phi) is 3.36. The number of halogens is 1. The van der Waals surface area contributed by atoms with Crippen LogP contribution in [-0.4, -0.2) is 15.6 Å². The molecule has 3 rings (SSSR count). The predicted octanol–water partition coefficient (Wildman–Crippen LogP) is 3.59. The van der Waals surface area contributed by atoms with Crippen molar-refractivity contribution < 1.29 is 9.18 Å². The van der Waals surface area contributed by atoms with Gasteiger partial charge in [-0.2, -0.15) is 5.10 Å². The van der Waals surface area contributed by atoms with Crippen LogP contribution >= 0.6 is 11.3 Å². The van der Waals surface area contributed by atoms with Crippen molar-refractivity contribution in [2.24, 2.45) is 7.05 Å². The second-order valence-electron chi connectivity index (χ2n) is 4.66. The minimum atomic E-state index is -0.274. The first kappa shape index (κ1) is 13.0. The molecule has 0 fully saturated rings. The van der Waals surface area contributed by atoms with Gasteiger partial charge in [-0.1, -0.05) is 0 Å². The summed E-state index contributed by atoms with van der Waals surface area (Å²) in [5.74, 6) is -0.183. The monoisotopic (exact) mass is 288 g/mol. The van der Waals surface area contributed by atoms with E-state index in [0.29, 0.717) is 17.7 Å². The highest BCUT2D eigenvalue weighted by atomic mass is 32.1. The number of benzene rings is 1. The van der Waals surface area contributed by atoms with Gasteiger partial charge in [-0.25, -0.2) is 4.39 Å². The van der Waals surface area contributed by atoms with E-state index in [0.717, 1.165) is 15.8 Å². The lowest BCUT2D eigenvalue weighted by atomic mass is 10.1. The van der Waals surface area contributed by atoms with E-state index < -0.39 is 0 Å². The van der Waals surface area contributed by atoms with E-state index in [-0.39, 0.29) is 11.6 Å². The predicted molar refractivity (Wildman–Crippen MR) is 77.6 cm³/mol. The van der Waals surface area contributed by atoms with Crippen LogP contribution in [0.4, 0.5) is 4.39 Å². The zero-order valence-corrected chi connectivity index (χ0v) is 11.8.